The molecule has 0 aromatic heterocycles. The second kappa shape index (κ2) is 3.68. The lowest BCUT2D eigenvalue weighted by Crippen LogP contribution is -2.21. The fraction of sp³-hybridized carbons (Fsp3) is 1.00. The molecule has 0 aromatic rings. The predicted molar refractivity (Wildman–Crippen MR) is 45.8 cm³/mol. The van der Waals surface area contributed by atoms with E-state index in [1.807, 2.05) is 9.94 Å². The van der Waals surface area contributed by atoms with Gasteiger partial charge < -0.3 is 0 Å². The Hall–Kier alpha value is 0.260. The molecule has 14 heavy (non-hydrogen) atoms. The molecule has 1 heterocycles. The van der Waals surface area contributed by atoms with E-state index in [4.69, 9.17) is 0 Å². The molecule has 0 aliphatic carbocycles. The molecule has 0 amide bonds. The molecule has 0 spiro atoms. The van der Waals surface area contributed by atoms with Crippen LogP contribution in [-0.2, 0) is 0 Å². The molecule has 0 radical (unpaired) electrons. The summed E-state index contributed by atoms with van der Waals surface area (Å²) in [6.07, 6.45) is 0. The number of hydrazine groups is 1. The van der Waals surface area contributed by atoms with Gasteiger partial charge in [-0.1, -0.05) is 0 Å². The third-order valence-electron chi connectivity index (χ3n) is 0.922. The minimum atomic E-state index is -5.58. The Kier molecular flexibility index (Phi) is 3.24. The van der Waals surface area contributed by atoms with E-state index in [0.717, 1.165) is 7.05 Å². The summed E-state index contributed by atoms with van der Waals surface area (Å²) >= 11 is 0. The van der Waals surface area contributed by atoms with Crippen molar-refractivity contribution in [2.24, 2.45) is 13.5 Å². The van der Waals surface area contributed by atoms with Gasteiger partial charge in [-0.3, -0.25) is 5.43 Å². The molecule has 1 unspecified atom stereocenters. The highest BCUT2D eigenvalue weighted by Gasteiger charge is 2.38. The highest BCUT2D eigenvalue weighted by atomic mass is 31.3. The van der Waals surface area contributed by atoms with Crippen LogP contribution in [0.2, 0.25) is 0 Å². The number of hydrogen-bond donors (Lipinski definition) is 2. The third-order valence-corrected chi connectivity index (χ3v) is 6.77. The SMILES string of the molecule is CNNP1(F)=NP(F)(F)=NP(F)(F)=N1. The average molecular weight is 275 g/mol. The molecule has 0 bridgehead atoms. The topological polar surface area (TPSA) is 61.1 Å². The molecular formula is CH5F5N5P3. The van der Waals surface area contributed by atoms with Gasteiger partial charge in [-0.25, -0.2) is 0 Å². The molecule has 0 aromatic carbocycles. The Morgan fingerprint density at radius 1 is 0.857 bits per heavy atom. The molecule has 0 saturated heterocycles. The van der Waals surface area contributed by atoms with E-state index >= 15 is 0 Å². The van der Waals surface area contributed by atoms with E-state index < -0.39 is 23.3 Å². The lowest BCUT2D eigenvalue weighted by atomic mass is 11.5. The van der Waals surface area contributed by atoms with Crippen molar-refractivity contribution in [3.63, 3.8) is 0 Å². The summed E-state index contributed by atoms with van der Waals surface area (Å²) in [5.74, 6) is 0. The molecule has 1 atom stereocenters. The molecule has 84 valence electrons. The van der Waals surface area contributed by atoms with Crippen molar-refractivity contribution in [3.05, 3.63) is 0 Å². The Morgan fingerprint density at radius 3 is 1.79 bits per heavy atom. The maximum atomic E-state index is 13.2. The monoisotopic (exact) mass is 275 g/mol. The highest BCUT2D eigenvalue weighted by Crippen LogP contribution is 2.80. The van der Waals surface area contributed by atoms with Crippen LogP contribution in [-0.4, -0.2) is 7.05 Å². The zero-order chi connectivity index (χ0) is 11.0. The van der Waals surface area contributed by atoms with E-state index in [1.165, 1.54) is 0 Å². The van der Waals surface area contributed by atoms with Crippen LogP contribution in [0.1, 0.15) is 0 Å². The van der Waals surface area contributed by atoms with Crippen molar-refractivity contribution < 1.29 is 21.0 Å². The minimum Gasteiger partial charge on any atom is -0.253 e. The van der Waals surface area contributed by atoms with Gasteiger partial charge in [0.15, 0.2) is 0 Å². The van der Waals surface area contributed by atoms with E-state index in [2.05, 4.69) is 9.03 Å². The van der Waals surface area contributed by atoms with Gasteiger partial charge in [0.25, 0.3) is 0 Å². The number of rotatable bonds is 2. The van der Waals surface area contributed by atoms with Crippen LogP contribution >= 0.6 is 23.3 Å². The van der Waals surface area contributed by atoms with Crippen molar-refractivity contribution in [1.29, 1.82) is 0 Å². The van der Waals surface area contributed by atoms with Gasteiger partial charge >= 0.3 is 23.3 Å². The van der Waals surface area contributed by atoms with Crippen LogP contribution in [0.3, 0.4) is 0 Å². The Labute approximate surface area is 76.4 Å². The van der Waals surface area contributed by atoms with Crippen LogP contribution in [0.4, 0.5) is 21.0 Å². The molecule has 1 aliphatic heterocycles. The van der Waals surface area contributed by atoms with Crippen molar-refractivity contribution in [3.8, 4) is 0 Å². The molecule has 5 nitrogen and oxygen atoms in total. The molecule has 0 fully saturated rings. The maximum Gasteiger partial charge on any atom is 0.424 e. The lowest BCUT2D eigenvalue weighted by Gasteiger charge is -2.16. The van der Waals surface area contributed by atoms with Gasteiger partial charge in [0, 0.05) is 0 Å². The quantitative estimate of drug-likeness (QED) is 0.445. The van der Waals surface area contributed by atoms with Crippen LogP contribution < -0.4 is 10.6 Å². The van der Waals surface area contributed by atoms with Gasteiger partial charge in [0.05, 0.1) is 0 Å². The third kappa shape index (κ3) is 3.14. The van der Waals surface area contributed by atoms with Gasteiger partial charge in [-0.15, -0.1) is 30.3 Å². The fourth-order valence-corrected chi connectivity index (χ4v) is 6.01. The fourth-order valence-electron chi connectivity index (χ4n) is 0.655. The van der Waals surface area contributed by atoms with E-state index in [0.29, 0.717) is 0 Å². The van der Waals surface area contributed by atoms with Gasteiger partial charge in [0.1, 0.15) is 0 Å². The second-order valence-electron chi connectivity index (χ2n) is 2.07. The summed E-state index contributed by atoms with van der Waals surface area (Å²) in [4.78, 5) is 0. The van der Waals surface area contributed by atoms with Crippen LogP contribution in [0.15, 0.2) is 13.5 Å². The standard InChI is InChI=1S/CH5F5N5P3/c1-7-8-14(6)10-12(2,3)9-13(4,5)11-14/h7-8H,1H3. The van der Waals surface area contributed by atoms with Crippen LogP contribution in [0, 0.1) is 0 Å². The molecule has 13 heteroatoms. The summed E-state index contributed by atoms with van der Waals surface area (Å²) in [6.45, 7) is 0. The number of nitrogens with one attached hydrogen (secondary N) is 2. The van der Waals surface area contributed by atoms with Crippen LogP contribution in [0.25, 0.3) is 0 Å². The maximum absolute atomic E-state index is 13.2. The normalized spacial score (nSPS) is 33.9. The predicted octanol–water partition coefficient (Wildman–Crippen LogP) is 4.41. The van der Waals surface area contributed by atoms with Gasteiger partial charge in [-0.2, -0.15) is 9.39 Å². The summed E-state index contributed by atoms with van der Waals surface area (Å²) in [7, 11) is -14.7. The first-order valence-corrected chi connectivity index (χ1v) is 7.56. The van der Waals surface area contributed by atoms with Crippen LogP contribution in [0.5, 0.6) is 0 Å². The minimum absolute atomic E-state index is 1.13. The van der Waals surface area contributed by atoms with Gasteiger partial charge in [0.2, 0.25) is 0 Å². The molecular weight excluding hydrogens is 270 g/mol. The number of hydrogen-bond acceptors (Lipinski definition) is 5. The Bertz CT molecular complexity index is 381. The van der Waals surface area contributed by atoms with Crippen molar-refractivity contribution >= 4 is 23.3 Å². The zero-order valence-electron chi connectivity index (χ0n) is 6.57. The summed E-state index contributed by atoms with van der Waals surface area (Å²) < 4.78 is 69.7. The van der Waals surface area contributed by atoms with E-state index in [1.54, 1.807) is 5.20 Å². The summed E-state index contributed by atoms with van der Waals surface area (Å²) in [5.41, 5.74) is 1.92. The second-order valence-corrected chi connectivity index (χ2v) is 7.31. The summed E-state index contributed by atoms with van der Waals surface area (Å²) in [6, 6.07) is 0. The van der Waals surface area contributed by atoms with E-state index in [9.17, 15) is 21.0 Å². The lowest BCUT2D eigenvalue weighted by molar-refractivity contribution is 0.684. The van der Waals surface area contributed by atoms with Crippen molar-refractivity contribution in [2.45, 2.75) is 0 Å². The first-order valence-electron chi connectivity index (χ1n) is 3.02. The molecule has 2 N–H and O–H groups in total. The summed E-state index contributed by atoms with van der Waals surface area (Å²) in [5, 5.41) is 1.57. The highest BCUT2D eigenvalue weighted by molar-refractivity contribution is 7.78. The molecule has 0 saturated carbocycles. The Morgan fingerprint density at radius 2 is 1.36 bits per heavy atom. The number of nitrogens with zero attached hydrogens (tertiary/aromatic N) is 3. The smallest absolute Gasteiger partial charge is 0.253 e. The molecule has 1 aliphatic rings. The molecule has 1 rings (SSSR count). The average Bonchev–Trinajstić information content (AvgIpc) is 1.75. The first kappa shape index (κ1) is 12.3. The first-order chi connectivity index (χ1) is 6.18. The van der Waals surface area contributed by atoms with Gasteiger partial charge in [-0.05, 0) is 7.05 Å². The van der Waals surface area contributed by atoms with Crippen molar-refractivity contribution in [2.75, 3.05) is 7.05 Å². The largest absolute Gasteiger partial charge is 0.424 e. The van der Waals surface area contributed by atoms with Crippen molar-refractivity contribution in [1.82, 2.24) is 10.6 Å². The van der Waals surface area contributed by atoms with E-state index in [-0.39, 0.29) is 0 Å². The zero-order valence-corrected chi connectivity index (χ0v) is 9.26. The Balaban J connectivity index is 3.33. The number of halogens is 5.